The van der Waals surface area contributed by atoms with E-state index in [1.165, 1.54) is 0 Å². The fourth-order valence-electron chi connectivity index (χ4n) is 0.441. The summed E-state index contributed by atoms with van der Waals surface area (Å²) in [5.41, 5.74) is 0. The molecule has 0 fully saturated rings. The summed E-state index contributed by atoms with van der Waals surface area (Å²) < 4.78 is 0. The first-order chi connectivity index (χ1) is 3.79. The van der Waals surface area contributed by atoms with Gasteiger partial charge in [0.05, 0.1) is 0 Å². The first-order valence-electron chi connectivity index (χ1n) is 2.23. The molecule has 0 saturated carbocycles. The summed E-state index contributed by atoms with van der Waals surface area (Å²) in [5.74, 6) is 0.245. The van der Waals surface area contributed by atoms with Gasteiger partial charge in [0.25, 0.3) is 0 Å². The summed E-state index contributed by atoms with van der Waals surface area (Å²) in [5, 5.41) is 9.34. The monoisotopic (exact) mass is 242 g/mol. The quantitative estimate of drug-likeness (QED) is 0.689. The molecule has 0 aromatic heterocycles. The Kier molecular flexibility index (Phi) is 4.22. The van der Waals surface area contributed by atoms with Crippen LogP contribution >= 0.6 is 11.6 Å². The van der Waals surface area contributed by atoms with Crippen molar-refractivity contribution in [2.45, 2.75) is 0 Å². The number of phenolic OH excluding ortho intramolecular Hbond substituents is 1. The van der Waals surface area contributed by atoms with Crippen LogP contribution in [-0.4, -0.2) is 5.11 Å². The van der Waals surface area contributed by atoms with Gasteiger partial charge in [0.15, 0.2) is 0 Å². The minimum Gasteiger partial charge on any atom is -0.508 e. The van der Waals surface area contributed by atoms with Crippen LogP contribution in [0, 0.1) is 0 Å². The molecule has 1 rings (SSSR count). The molecule has 1 aromatic rings. The summed E-state index contributed by atoms with van der Waals surface area (Å²) in [7, 11) is 0. The van der Waals surface area contributed by atoms with Crippen LogP contribution in [0.5, 0.6) is 5.75 Å². The first kappa shape index (κ1) is 9.23. The van der Waals surface area contributed by atoms with E-state index in [1.807, 2.05) is 0 Å². The molecule has 0 aliphatic rings. The maximum Gasteiger partial charge on any atom is 0.115 e. The van der Waals surface area contributed by atoms with Gasteiger partial charge in [0, 0.05) is 32.3 Å². The molecule has 1 nitrogen and oxygen atoms in total. The molecule has 0 aliphatic carbocycles. The van der Waals surface area contributed by atoms with E-state index in [0.29, 0.717) is 5.02 Å². The minimum absolute atomic E-state index is 0. The standard InChI is InChI=1S/C6H5ClO.Cd/c7-5-1-3-6(8)4-2-5;/h1-4,8H;. The van der Waals surface area contributed by atoms with Crippen LogP contribution in [0.2, 0.25) is 5.02 Å². The number of hydrogen-bond donors (Lipinski definition) is 1. The summed E-state index contributed by atoms with van der Waals surface area (Å²) in [6.07, 6.45) is 0. The molecule has 3 heteroatoms. The molecule has 0 saturated heterocycles. The van der Waals surface area contributed by atoms with E-state index in [1.54, 1.807) is 24.3 Å². The van der Waals surface area contributed by atoms with Gasteiger partial charge in [0.2, 0.25) is 0 Å². The Morgan fingerprint density at radius 2 is 1.56 bits per heavy atom. The molecule has 1 aromatic carbocycles. The Balaban J connectivity index is 0.000000640. The fourth-order valence-corrected chi connectivity index (χ4v) is 0.567. The Labute approximate surface area is 78.8 Å². The van der Waals surface area contributed by atoms with Gasteiger partial charge in [-0.15, -0.1) is 0 Å². The SMILES string of the molecule is Oc1ccc(Cl)cc1.[Cd]. The van der Waals surface area contributed by atoms with Crippen LogP contribution in [0.3, 0.4) is 0 Å². The van der Waals surface area contributed by atoms with Gasteiger partial charge in [-0.1, -0.05) is 11.6 Å². The molecule has 1 N–H and O–H groups in total. The van der Waals surface area contributed by atoms with Crippen molar-refractivity contribution in [3.63, 3.8) is 0 Å². The molecule has 9 heavy (non-hydrogen) atoms. The topological polar surface area (TPSA) is 20.2 Å². The van der Waals surface area contributed by atoms with Crippen molar-refractivity contribution in [3.8, 4) is 5.75 Å². The van der Waals surface area contributed by atoms with Gasteiger partial charge >= 0.3 is 0 Å². The zero-order valence-electron chi connectivity index (χ0n) is 4.84. The second-order valence-electron chi connectivity index (χ2n) is 1.48. The summed E-state index contributed by atoms with van der Waals surface area (Å²) in [6, 6.07) is 6.36. The predicted molar refractivity (Wildman–Crippen MR) is 33.1 cm³/mol. The number of aromatic hydroxyl groups is 1. The van der Waals surface area contributed by atoms with E-state index in [0.717, 1.165) is 0 Å². The van der Waals surface area contributed by atoms with E-state index in [9.17, 15) is 0 Å². The second-order valence-corrected chi connectivity index (χ2v) is 1.91. The fraction of sp³-hybridized carbons (Fsp3) is 0. The van der Waals surface area contributed by atoms with Crippen molar-refractivity contribution in [1.29, 1.82) is 0 Å². The zero-order valence-corrected chi connectivity index (χ0v) is 9.63. The van der Waals surface area contributed by atoms with E-state index in [2.05, 4.69) is 0 Å². The second kappa shape index (κ2) is 4.11. The number of benzene rings is 1. The van der Waals surface area contributed by atoms with Gasteiger partial charge in [-0.3, -0.25) is 0 Å². The van der Waals surface area contributed by atoms with Crippen molar-refractivity contribution < 1.29 is 32.4 Å². The third kappa shape index (κ3) is 3.05. The van der Waals surface area contributed by atoms with E-state index in [-0.39, 0.29) is 33.0 Å². The van der Waals surface area contributed by atoms with Crippen LogP contribution in [0.15, 0.2) is 24.3 Å². The number of phenols is 1. The average molecular weight is 241 g/mol. The average Bonchev–Trinajstić information content (AvgIpc) is 1.77. The number of halogens is 1. The molecule has 0 bridgehead atoms. The Morgan fingerprint density at radius 1 is 1.11 bits per heavy atom. The number of hydrogen-bond acceptors (Lipinski definition) is 1. The van der Waals surface area contributed by atoms with E-state index >= 15 is 0 Å². The van der Waals surface area contributed by atoms with Gasteiger partial charge in [0.1, 0.15) is 5.75 Å². The molecule has 0 radical (unpaired) electrons. The van der Waals surface area contributed by atoms with Gasteiger partial charge < -0.3 is 5.11 Å². The third-order valence-corrected chi connectivity index (χ3v) is 1.08. The maximum atomic E-state index is 8.70. The van der Waals surface area contributed by atoms with Gasteiger partial charge in [-0.05, 0) is 24.3 Å². The molecule has 0 atom stereocenters. The molecule has 0 unspecified atom stereocenters. The van der Waals surface area contributed by atoms with Crippen molar-refractivity contribution in [2.24, 2.45) is 0 Å². The number of rotatable bonds is 0. The van der Waals surface area contributed by atoms with Crippen LogP contribution in [0.4, 0.5) is 0 Å². The van der Waals surface area contributed by atoms with E-state index < -0.39 is 0 Å². The molecule has 0 amide bonds. The molecular formula is C6H5CdClO. The predicted octanol–water partition coefficient (Wildman–Crippen LogP) is 2.04. The van der Waals surface area contributed by atoms with Crippen molar-refractivity contribution in [2.75, 3.05) is 0 Å². The molecule has 0 spiro atoms. The Bertz CT molecular complexity index is 152. The van der Waals surface area contributed by atoms with Crippen molar-refractivity contribution in [3.05, 3.63) is 29.3 Å². The van der Waals surface area contributed by atoms with E-state index in [4.69, 9.17) is 16.7 Å². The van der Waals surface area contributed by atoms with Crippen LogP contribution in [0.25, 0.3) is 0 Å². The largest absolute Gasteiger partial charge is 0.508 e. The third-order valence-electron chi connectivity index (χ3n) is 0.827. The Morgan fingerprint density at radius 3 is 1.89 bits per heavy atom. The molecule has 44 valence electrons. The summed E-state index contributed by atoms with van der Waals surface area (Å²) in [6.45, 7) is 0. The summed E-state index contributed by atoms with van der Waals surface area (Å²) in [4.78, 5) is 0. The zero-order chi connectivity index (χ0) is 5.98. The first-order valence-corrected chi connectivity index (χ1v) is 2.61. The molecule has 0 heterocycles. The van der Waals surface area contributed by atoms with Crippen LogP contribution in [-0.2, 0) is 27.3 Å². The minimum atomic E-state index is 0. The maximum absolute atomic E-state index is 8.70. The van der Waals surface area contributed by atoms with Crippen molar-refractivity contribution in [1.82, 2.24) is 0 Å². The summed E-state index contributed by atoms with van der Waals surface area (Å²) >= 11 is 5.50. The van der Waals surface area contributed by atoms with Gasteiger partial charge in [-0.2, -0.15) is 0 Å². The normalized spacial score (nSPS) is 8.11. The smallest absolute Gasteiger partial charge is 0.115 e. The molecule has 0 aliphatic heterocycles. The van der Waals surface area contributed by atoms with Crippen LogP contribution < -0.4 is 0 Å². The van der Waals surface area contributed by atoms with Crippen LogP contribution in [0.1, 0.15) is 0 Å². The Hall–Kier alpha value is 0.232. The van der Waals surface area contributed by atoms with Gasteiger partial charge in [-0.25, -0.2) is 0 Å². The molecular weight excluding hydrogens is 236 g/mol. The van der Waals surface area contributed by atoms with Crippen molar-refractivity contribution >= 4 is 11.6 Å².